The molecule has 0 aromatic rings. The lowest BCUT2D eigenvalue weighted by molar-refractivity contribution is -0.119. The molecule has 0 aromatic carbocycles. The predicted molar refractivity (Wildman–Crippen MR) is 57.0 cm³/mol. The van der Waals surface area contributed by atoms with Crippen molar-refractivity contribution in [3.8, 4) is 0 Å². The van der Waals surface area contributed by atoms with Gasteiger partial charge in [-0.1, -0.05) is 0 Å². The lowest BCUT2D eigenvalue weighted by Gasteiger charge is -2.28. The minimum atomic E-state index is -0.0329. The van der Waals surface area contributed by atoms with Crippen LogP contribution in [0.2, 0.25) is 0 Å². The normalized spacial score (nSPS) is 40.3. The summed E-state index contributed by atoms with van der Waals surface area (Å²) in [6.07, 6.45) is 5.06. The molecule has 14 heavy (non-hydrogen) atoms. The highest BCUT2D eigenvalue weighted by Gasteiger charge is 2.45. The van der Waals surface area contributed by atoms with Gasteiger partial charge in [-0.2, -0.15) is 0 Å². The van der Waals surface area contributed by atoms with E-state index in [1.807, 2.05) is 6.92 Å². The molecule has 1 aliphatic carbocycles. The first-order chi connectivity index (χ1) is 6.70. The Kier molecular flexibility index (Phi) is 3.26. The zero-order valence-corrected chi connectivity index (χ0v) is 11.2. The SMILES string of the molecule is CC(O[SiH3])OC(C)C1CCC2OC2C1. The van der Waals surface area contributed by atoms with E-state index in [4.69, 9.17) is 13.9 Å². The Labute approximate surface area is 88.6 Å². The molecule has 3 nitrogen and oxygen atoms in total. The van der Waals surface area contributed by atoms with Crippen molar-refractivity contribution in [3.63, 3.8) is 0 Å². The molecule has 0 spiro atoms. The van der Waals surface area contributed by atoms with Gasteiger partial charge in [0.1, 0.15) is 16.8 Å². The highest BCUT2D eigenvalue weighted by molar-refractivity contribution is 5.98. The fourth-order valence-corrected chi connectivity index (χ4v) is 2.44. The summed E-state index contributed by atoms with van der Waals surface area (Å²) in [5, 5.41) is 0. The second-order valence-corrected chi connectivity index (χ2v) is 4.90. The van der Waals surface area contributed by atoms with Gasteiger partial charge in [0.15, 0.2) is 0 Å². The van der Waals surface area contributed by atoms with Crippen LogP contribution >= 0.6 is 0 Å². The van der Waals surface area contributed by atoms with Gasteiger partial charge in [-0.05, 0) is 39.0 Å². The van der Waals surface area contributed by atoms with Crippen molar-refractivity contribution >= 4 is 10.5 Å². The van der Waals surface area contributed by atoms with Gasteiger partial charge in [0.2, 0.25) is 0 Å². The van der Waals surface area contributed by atoms with Gasteiger partial charge >= 0.3 is 0 Å². The minimum Gasteiger partial charge on any atom is -0.404 e. The Morgan fingerprint density at radius 2 is 2.07 bits per heavy atom. The van der Waals surface area contributed by atoms with Crippen LogP contribution in [-0.2, 0) is 13.9 Å². The number of ether oxygens (including phenoxy) is 2. The highest BCUT2D eigenvalue weighted by Crippen LogP contribution is 2.41. The minimum absolute atomic E-state index is 0.0329. The molecular formula is C10H20O3Si. The summed E-state index contributed by atoms with van der Waals surface area (Å²) in [5.74, 6) is 0.665. The average Bonchev–Trinajstić information content (AvgIpc) is 2.94. The van der Waals surface area contributed by atoms with E-state index in [-0.39, 0.29) is 6.29 Å². The molecule has 1 aliphatic heterocycles. The smallest absolute Gasteiger partial charge is 0.149 e. The van der Waals surface area contributed by atoms with Gasteiger partial charge in [-0.3, -0.25) is 0 Å². The lowest BCUT2D eigenvalue weighted by Crippen LogP contribution is -2.29. The van der Waals surface area contributed by atoms with Crippen LogP contribution in [0.1, 0.15) is 33.1 Å². The molecule has 5 unspecified atom stereocenters. The van der Waals surface area contributed by atoms with Crippen LogP contribution in [0, 0.1) is 5.92 Å². The van der Waals surface area contributed by atoms with E-state index in [0.717, 1.165) is 10.5 Å². The van der Waals surface area contributed by atoms with Gasteiger partial charge in [-0.25, -0.2) is 0 Å². The van der Waals surface area contributed by atoms with Crippen LogP contribution in [0.3, 0.4) is 0 Å². The Morgan fingerprint density at radius 1 is 1.29 bits per heavy atom. The third kappa shape index (κ3) is 2.37. The quantitative estimate of drug-likeness (QED) is 0.392. The number of rotatable bonds is 4. The monoisotopic (exact) mass is 216 g/mol. The summed E-state index contributed by atoms with van der Waals surface area (Å²) in [5.41, 5.74) is 0. The average molecular weight is 216 g/mol. The van der Waals surface area contributed by atoms with Crippen molar-refractivity contribution in [1.82, 2.24) is 0 Å². The Bertz CT molecular complexity index is 200. The zero-order chi connectivity index (χ0) is 10.1. The summed E-state index contributed by atoms with van der Waals surface area (Å²) in [6.45, 7) is 4.13. The first kappa shape index (κ1) is 10.6. The van der Waals surface area contributed by atoms with Crippen molar-refractivity contribution in [1.29, 1.82) is 0 Å². The maximum Gasteiger partial charge on any atom is 0.149 e. The zero-order valence-electron chi connectivity index (χ0n) is 9.23. The molecule has 82 valence electrons. The molecule has 0 radical (unpaired) electrons. The van der Waals surface area contributed by atoms with Crippen molar-refractivity contribution in [2.45, 2.75) is 57.7 Å². The molecule has 1 heterocycles. The Morgan fingerprint density at radius 3 is 2.71 bits per heavy atom. The first-order valence-corrected chi connectivity index (χ1v) is 6.36. The molecule has 2 aliphatic rings. The number of hydrogen-bond acceptors (Lipinski definition) is 3. The van der Waals surface area contributed by atoms with Crippen LogP contribution in [0.5, 0.6) is 0 Å². The molecule has 0 N–H and O–H groups in total. The fourth-order valence-electron chi connectivity index (χ4n) is 2.33. The third-order valence-electron chi connectivity index (χ3n) is 3.45. The molecule has 0 bridgehead atoms. The molecule has 2 fully saturated rings. The Balaban J connectivity index is 1.76. The third-order valence-corrected chi connectivity index (χ3v) is 4.11. The molecule has 0 amide bonds. The van der Waals surface area contributed by atoms with E-state index < -0.39 is 0 Å². The maximum absolute atomic E-state index is 5.76. The summed E-state index contributed by atoms with van der Waals surface area (Å²) in [4.78, 5) is 0. The predicted octanol–water partition coefficient (Wildman–Crippen LogP) is 0.602. The van der Waals surface area contributed by atoms with Crippen molar-refractivity contribution in [2.24, 2.45) is 5.92 Å². The van der Waals surface area contributed by atoms with Gasteiger partial charge in [0, 0.05) is 0 Å². The van der Waals surface area contributed by atoms with Gasteiger partial charge in [-0.15, -0.1) is 0 Å². The highest BCUT2D eigenvalue weighted by atomic mass is 28.2. The first-order valence-electron chi connectivity index (χ1n) is 5.54. The van der Waals surface area contributed by atoms with E-state index in [1.54, 1.807) is 0 Å². The van der Waals surface area contributed by atoms with Crippen molar-refractivity contribution in [3.05, 3.63) is 0 Å². The van der Waals surface area contributed by atoms with E-state index in [0.29, 0.717) is 24.2 Å². The molecule has 0 aromatic heterocycles. The van der Waals surface area contributed by atoms with E-state index in [2.05, 4.69) is 6.92 Å². The summed E-state index contributed by atoms with van der Waals surface area (Å²) >= 11 is 0. The standard InChI is InChI=1S/C10H20O3Si/c1-6(11-7(2)13-14)8-3-4-9-10(5-8)12-9/h6-10H,3-5H2,1-2,14H3. The van der Waals surface area contributed by atoms with Gasteiger partial charge < -0.3 is 13.9 Å². The van der Waals surface area contributed by atoms with Crippen molar-refractivity contribution in [2.75, 3.05) is 0 Å². The number of fused-ring (bicyclic) bond motifs is 1. The molecule has 2 rings (SSSR count). The van der Waals surface area contributed by atoms with Crippen LogP contribution < -0.4 is 0 Å². The Hall–Kier alpha value is 0.0969. The van der Waals surface area contributed by atoms with Crippen molar-refractivity contribution < 1.29 is 13.9 Å². The van der Waals surface area contributed by atoms with Crippen LogP contribution in [0.15, 0.2) is 0 Å². The molecule has 4 heteroatoms. The molecular weight excluding hydrogens is 196 g/mol. The summed E-state index contributed by atoms with van der Waals surface area (Å²) in [7, 11) is 0.746. The fraction of sp³-hybridized carbons (Fsp3) is 1.00. The topological polar surface area (TPSA) is 31.0 Å². The largest absolute Gasteiger partial charge is 0.404 e. The summed E-state index contributed by atoms with van der Waals surface area (Å²) < 4.78 is 16.5. The number of epoxide rings is 1. The molecule has 1 saturated carbocycles. The van der Waals surface area contributed by atoms with Crippen LogP contribution in [0.25, 0.3) is 0 Å². The second kappa shape index (κ2) is 4.31. The number of hydrogen-bond donors (Lipinski definition) is 0. The van der Waals surface area contributed by atoms with Gasteiger partial charge in [0.25, 0.3) is 0 Å². The lowest BCUT2D eigenvalue weighted by atomic mass is 9.86. The maximum atomic E-state index is 5.76. The molecule has 1 saturated heterocycles. The van der Waals surface area contributed by atoms with E-state index >= 15 is 0 Å². The summed E-state index contributed by atoms with van der Waals surface area (Å²) in [6, 6.07) is 0. The van der Waals surface area contributed by atoms with E-state index in [9.17, 15) is 0 Å². The van der Waals surface area contributed by atoms with Crippen LogP contribution in [-0.4, -0.2) is 35.1 Å². The second-order valence-electron chi connectivity index (χ2n) is 4.43. The van der Waals surface area contributed by atoms with E-state index in [1.165, 1.54) is 19.3 Å². The van der Waals surface area contributed by atoms with Crippen LogP contribution in [0.4, 0.5) is 0 Å². The van der Waals surface area contributed by atoms with Gasteiger partial charge in [0.05, 0.1) is 18.3 Å². The molecule has 5 atom stereocenters.